The van der Waals surface area contributed by atoms with Gasteiger partial charge in [0.2, 0.25) is 0 Å². The van der Waals surface area contributed by atoms with Crippen LogP contribution in [-0.4, -0.2) is 34.2 Å². The van der Waals surface area contributed by atoms with E-state index in [4.69, 9.17) is 5.11 Å². The Labute approximate surface area is 127 Å². The number of amides is 1. The molecule has 4 nitrogen and oxygen atoms in total. The molecule has 0 spiro atoms. The van der Waals surface area contributed by atoms with E-state index in [2.05, 4.69) is 4.98 Å². The van der Waals surface area contributed by atoms with Crippen LogP contribution in [0.15, 0.2) is 18.2 Å². The summed E-state index contributed by atoms with van der Waals surface area (Å²) in [4.78, 5) is 16.6. The lowest BCUT2D eigenvalue weighted by atomic mass is 10.2. The summed E-state index contributed by atoms with van der Waals surface area (Å²) in [5.74, 6) is 0.722. The number of halogens is 3. The summed E-state index contributed by atoms with van der Waals surface area (Å²) < 4.78 is 38.9. The van der Waals surface area contributed by atoms with Gasteiger partial charge in [-0.25, -0.2) is 9.78 Å². The zero-order chi connectivity index (χ0) is 15.6. The molecule has 2 aromatic rings. The van der Waals surface area contributed by atoms with E-state index in [-0.39, 0.29) is 17.8 Å². The van der Waals surface area contributed by atoms with Gasteiger partial charge in [-0.2, -0.15) is 13.2 Å². The van der Waals surface area contributed by atoms with Gasteiger partial charge in [-0.3, -0.25) is 0 Å². The average molecular weight is 328 g/mol. The molecule has 1 saturated heterocycles. The highest BCUT2D eigenvalue weighted by Crippen LogP contribution is 2.59. The molecular weight excluding hydrogens is 317 g/mol. The molecule has 4 rings (SSSR count). The number of hydrogen-bond donors (Lipinski definition) is 1. The molecule has 1 aromatic heterocycles. The maximum absolute atomic E-state index is 12.7. The molecule has 1 aliphatic carbocycles. The number of fused-ring (bicyclic) bond motifs is 2. The molecule has 1 unspecified atom stereocenters. The zero-order valence-electron chi connectivity index (χ0n) is 11.2. The summed E-state index contributed by atoms with van der Waals surface area (Å²) in [7, 11) is 0. The summed E-state index contributed by atoms with van der Waals surface area (Å²) in [5, 5.41) is 9.76. The van der Waals surface area contributed by atoms with E-state index >= 15 is 0 Å². The van der Waals surface area contributed by atoms with Crippen LogP contribution in [0.3, 0.4) is 0 Å². The Morgan fingerprint density at radius 1 is 1.32 bits per heavy atom. The fraction of sp³-hybridized carbons (Fsp3) is 0.429. The highest BCUT2D eigenvalue weighted by Gasteiger charge is 2.58. The number of rotatable bonds is 1. The van der Waals surface area contributed by atoms with Gasteiger partial charge in [0.15, 0.2) is 0 Å². The first-order valence-corrected chi connectivity index (χ1v) is 7.62. The summed E-state index contributed by atoms with van der Waals surface area (Å²) >= 11 is 1.41. The largest absolute Gasteiger partial charge is 0.465 e. The predicted molar refractivity (Wildman–Crippen MR) is 73.9 cm³/mol. The number of aromatic nitrogens is 1. The summed E-state index contributed by atoms with van der Waals surface area (Å²) in [5.41, 5.74) is -0.320. The van der Waals surface area contributed by atoms with E-state index in [1.54, 1.807) is 0 Å². The Morgan fingerprint density at radius 2 is 2.00 bits per heavy atom. The van der Waals surface area contributed by atoms with E-state index in [1.807, 2.05) is 0 Å². The van der Waals surface area contributed by atoms with Crippen molar-refractivity contribution in [2.45, 2.75) is 12.1 Å². The number of likely N-dealkylation sites (tertiary alicyclic amines) is 1. The van der Waals surface area contributed by atoms with Gasteiger partial charge >= 0.3 is 12.3 Å². The molecule has 1 aromatic carbocycles. The highest BCUT2D eigenvalue weighted by molar-refractivity contribution is 7.18. The summed E-state index contributed by atoms with van der Waals surface area (Å²) in [6.45, 7) is 0.989. The van der Waals surface area contributed by atoms with Crippen molar-refractivity contribution < 1.29 is 23.1 Å². The van der Waals surface area contributed by atoms with Gasteiger partial charge < -0.3 is 10.0 Å². The second-order valence-corrected chi connectivity index (χ2v) is 6.84. The van der Waals surface area contributed by atoms with Crippen LogP contribution >= 0.6 is 11.3 Å². The van der Waals surface area contributed by atoms with E-state index in [0.29, 0.717) is 18.6 Å². The second-order valence-electron chi connectivity index (χ2n) is 5.77. The average Bonchev–Trinajstić information content (AvgIpc) is 2.84. The molecule has 22 heavy (non-hydrogen) atoms. The summed E-state index contributed by atoms with van der Waals surface area (Å²) in [6, 6.07) is 3.61. The maximum atomic E-state index is 12.7. The minimum atomic E-state index is -4.37. The van der Waals surface area contributed by atoms with Gasteiger partial charge in [0.25, 0.3) is 0 Å². The fourth-order valence-electron chi connectivity index (χ4n) is 3.31. The molecule has 0 radical (unpaired) electrons. The number of carbonyl (C=O) groups is 1. The van der Waals surface area contributed by atoms with E-state index < -0.39 is 17.8 Å². The molecule has 116 valence electrons. The van der Waals surface area contributed by atoms with Crippen LogP contribution in [0.2, 0.25) is 0 Å². The number of carboxylic acid groups (broad SMARTS) is 1. The Hall–Kier alpha value is -1.83. The molecule has 3 atom stereocenters. The van der Waals surface area contributed by atoms with E-state index in [1.165, 1.54) is 22.3 Å². The van der Waals surface area contributed by atoms with Crippen molar-refractivity contribution in [3.63, 3.8) is 0 Å². The number of alkyl halides is 3. The molecule has 2 aliphatic rings. The quantitative estimate of drug-likeness (QED) is 0.869. The summed E-state index contributed by atoms with van der Waals surface area (Å²) in [6.07, 6.45) is -5.28. The first kappa shape index (κ1) is 13.8. The molecule has 1 N–H and O–H groups in total. The van der Waals surface area contributed by atoms with Gasteiger partial charge in [0.05, 0.1) is 20.8 Å². The Bertz CT molecular complexity index is 761. The number of nitrogens with zero attached hydrogens (tertiary/aromatic N) is 2. The molecule has 8 heteroatoms. The van der Waals surface area contributed by atoms with Gasteiger partial charge in [0.1, 0.15) is 0 Å². The second kappa shape index (κ2) is 4.34. The molecule has 1 amide bonds. The first-order chi connectivity index (χ1) is 10.3. The van der Waals surface area contributed by atoms with Gasteiger partial charge in [-0.05, 0) is 30.0 Å². The predicted octanol–water partition coefficient (Wildman–Crippen LogP) is 3.64. The number of piperidine rings is 1. The van der Waals surface area contributed by atoms with Crippen LogP contribution in [-0.2, 0) is 6.18 Å². The van der Waals surface area contributed by atoms with Crippen molar-refractivity contribution in [2.24, 2.45) is 11.8 Å². The van der Waals surface area contributed by atoms with Gasteiger partial charge in [0, 0.05) is 19.0 Å². The van der Waals surface area contributed by atoms with Gasteiger partial charge in [-0.15, -0.1) is 11.3 Å². The molecular formula is C14H11F3N2O2S. The minimum absolute atomic E-state index is 0.197. The monoisotopic (exact) mass is 328 g/mol. The van der Waals surface area contributed by atoms with Gasteiger partial charge in [-0.1, -0.05) is 0 Å². The first-order valence-electron chi connectivity index (χ1n) is 6.80. The Morgan fingerprint density at radius 3 is 2.59 bits per heavy atom. The van der Waals surface area contributed by atoms with Crippen molar-refractivity contribution in [1.29, 1.82) is 0 Å². The topological polar surface area (TPSA) is 53.4 Å². The van der Waals surface area contributed by atoms with Crippen LogP contribution in [0, 0.1) is 11.8 Å². The molecule has 1 saturated carbocycles. The van der Waals surface area contributed by atoms with Crippen molar-refractivity contribution >= 4 is 27.6 Å². The third-order valence-corrected chi connectivity index (χ3v) is 5.62. The van der Waals surface area contributed by atoms with Crippen LogP contribution < -0.4 is 0 Å². The number of hydrogen-bond acceptors (Lipinski definition) is 3. The highest BCUT2D eigenvalue weighted by atomic mass is 32.1. The normalized spacial score (nSPS) is 27.2. The standard InChI is InChI=1S/C14H11F3N2O2S/c15-14(16,17)6-1-2-10-9(3-6)18-12(22-10)11-7-4-19(13(20)21)5-8(7)11/h1-3,7-8,11H,4-5H2,(H,20,21)/t7-,8+,11?. The number of thiazole rings is 1. The lowest BCUT2D eigenvalue weighted by Crippen LogP contribution is -2.29. The lowest BCUT2D eigenvalue weighted by molar-refractivity contribution is -0.137. The molecule has 1 aliphatic heterocycles. The molecule has 0 bridgehead atoms. The van der Waals surface area contributed by atoms with Crippen LogP contribution in [0.5, 0.6) is 0 Å². The van der Waals surface area contributed by atoms with Crippen molar-refractivity contribution in [3.05, 3.63) is 28.8 Å². The van der Waals surface area contributed by atoms with Crippen LogP contribution in [0.4, 0.5) is 18.0 Å². The Balaban J connectivity index is 1.59. The third-order valence-electron chi connectivity index (χ3n) is 4.48. The minimum Gasteiger partial charge on any atom is -0.465 e. The van der Waals surface area contributed by atoms with Crippen molar-refractivity contribution in [1.82, 2.24) is 9.88 Å². The smallest absolute Gasteiger partial charge is 0.416 e. The van der Waals surface area contributed by atoms with Crippen molar-refractivity contribution in [2.75, 3.05) is 13.1 Å². The Kier molecular flexibility index (Phi) is 2.73. The fourth-order valence-corrected chi connectivity index (χ4v) is 4.51. The molecule has 2 fully saturated rings. The van der Waals surface area contributed by atoms with Crippen LogP contribution in [0.1, 0.15) is 16.5 Å². The number of benzene rings is 1. The van der Waals surface area contributed by atoms with Crippen LogP contribution in [0.25, 0.3) is 10.2 Å². The molecule has 2 heterocycles. The third kappa shape index (κ3) is 2.05. The van der Waals surface area contributed by atoms with Crippen molar-refractivity contribution in [3.8, 4) is 0 Å². The van der Waals surface area contributed by atoms with E-state index in [9.17, 15) is 18.0 Å². The lowest BCUT2D eigenvalue weighted by Gasteiger charge is -2.14. The SMILES string of the molecule is O=C(O)N1C[C@@H]2C(c3nc4cc(C(F)(F)F)ccc4s3)[C@@H]2C1. The maximum Gasteiger partial charge on any atom is 0.416 e. The zero-order valence-corrected chi connectivity index (χ0v) is 12.0. The van der Waals surface area contributed by atoms with E-state index in [0.717, 1.165) is 21.8 Å².